The Bertz CT molecular complexity index is 1770. The summed E-state index contributed by atoms with van der Waals surface area (Å²) in [6.07, 6.45) is 3.33. The maximum atomic E-state index is 13.7. The molecular formula is C34H50BrN9O3Si2. The molecule has 0 bridgehead atoms. The zero-order valence-corrected chi connectivity index (χ0v) is 33.6. The number of ether oxygens (including phenoxy) is 2. The number of halogens is 1. The van der Waals surface area contributed by atoms with Gasteiger partial charge in [-0.2, -0.15) is 5.10 Å². The Labute approximate surface area is 299 Å². The summed E-state index contributed by atoms with van der Waals surface area (Å²) in [6.45, 7) is 20.7. The molecule has 1 saturated heterocycles. The Kier molecular flexibility index (Phi) is 10.8. The summed E-state index contributed by atoms with van der Waals surface area (Å²) in [7, 11) is -0.369. The minimum absolute atomic E-state index is 0.154. The highest BCUT2D eigenvalue weighted by molar-refractivity contribution is 9.10. The summed E-state index contributed by atoms with van der Waals surface area (Å²) >= 11 is 3.65. The lowest BCUT2D eigenvalue weighted by Gasteiger charge is -2.32. The van der Waals surface area contributed by atoms with E-state index in [4.69, 9.17) is 19.6 Å². The molecule has 1 fully saturated rings. The topological polar surface area (TPSA) is 107 Å². The number of anilines is 1. The van der Waals surface area contributed by atoms with Crippen LogP contribution in [0.1, 0.15) is 21.9 Å². The number of hydrogen-bond donors (Lipinski definition) is 0. The molecule has 0 unspecified atom stereocenters. The maximum Gasteiger partial charge on any atom is 0.274 e. The van der Waals surface area contributed by atoms with Gasteiger partial charge in [-0.3, -0.25) is 4.79 Å². The number of amides is 1. The normalized spacial score (nSPS) is 15.8. The first-order valence-electron chi connectivity index (χ1n) is 17.2. The number of aromatic nitrogens is 6. The second-order valence-electron chi connectivity index (χ2n) is 15.7. The third-order valence-electron chi connectivity index (χ3n) is 9.16. The molecule has 0 N–H and O–H groups in total. The molecule has 2 aliphatic rings. The van der Waals surface area contributed by atoms with Gasteiger partial charge < -0.3 is 28.7 Å². The van der Waals surface area contributed by atoms with Crippen LogP contribution in [0, 0.1) is 0 Å². The van der Waals surface area contributed by atoms with Crippen molar-refractivity contribution in [1.82, 2.24) is 39.1 Å². The van der Waals surface area contributed by atoms with E-state index in [1.54, 1.807) is 17.3 Å². The molecule has 1 amide bonds. The number of hydrogen-bond acceptors (Lipinski definition) is 9. The van der Waals surface area contributed by atoms with Crippen LogP contribution < -0.4 is 4.90 Å². The molecule has 2 aliphatic heterocycles. The van der Waals surface area contributed by atoms with Gasteiger partial charge in [-0.15, -0.1) is 0 Å². The second-order valence-corrected chi connectivity index (χ2v) is 27.8. The Morgan fingerprint density at radius 1 is 0.898 bits per heavy atom. The summed E-state index contributed by atoms with van der Waals surface area (Å²) in [5, 5.41) is 6.07. The predicted octanol–water partition coefficient (Wildman–Crippen LogP) is 5.98. The zero-order valence-electron chi connectivity index (χ0n) is 30.0. The van der Waals surface area contributed by atoms with E-state index in [0.29, 0.717) is 45.5 Å². The number of fused-ring (bicyclic) bond motifs is 2. The van der Waals surface area contributed by atoms with Crippen molar-refractivity contribution in [2.24, 2.45) is 0 Å². The largest absolute Gasteiger partial charge is 0.361 e. The van der Waals surface area contributed by atoms with Gasteiger partial charge >= 0.3 is 0 Å². The van der Waals surface area contributed by atoms with Crippen molar-refractivity contribution >= 4 is 54.7 Å². The number of rotatable bonds is 13. The summed E-state index contributed by atoms with van der Waals surface area (Å²) in [5.74, 6) is 1.40. The van der Waals surface area contributed by atoms with E-state index in [2.05, 4.69) is 98.7 Å². The van der Waals surface area contributed by atoms with E-state index in [0.717, 1.165) is 82.4 Å². The van der Waals surface area contributed by atoms with Gasteiger partial charge in [-0.05, 0) is 37.3 Å². The van der Waals surface area contributed by atoms with Crippen molar-refractivity contribution in [3.8, 4) is 11.5 Å². The zero-order chi connectivity index (χ0) is 34.9. The van der Waals surface area contributed by atoms with Gasteiger partial charge in [0.1, 0.15) is 30.7 Å². The highest BCUT2D eigenvalue weighted by Gasteiger charge is 2.33. The number of imidazole rings is 1. The van der Waals surface area contributed by atoms with Crippen LogP contribution in [0.25, 0.3) is 22.4 Å². The van der Waals surface area contributed by atoms with Crippen molar-refractivity contribution in [1.29, 1.82) is 0 Å². The lowest BCUT2D eigenvalue weighted by Crippen LogP contribution is -2.44. The molecule has 4 aromatic rings. The minimum atomic E-state index is -1.28. The van der Waals surface area contributed by atoms with Crippen LogP contribution in [0.15, 0.2) is 35.1 Å². The molecule has 3 aromatic heterocycles. The van der Waals surface area contributed by atoms with Crippen molar-refractivity contribution in [2.75, 3.05) is 51.3 Å². The highest BCUT2D eigenvalue weighted by atomic mass is 79.9. The molecule has 15 heteroatoms. The summed E-state index contributed by atoms with van der Waals surface area (Å²) < 4.78 is 17.5. The van der Waals surface area contributed by atoms with Crippen molar-refractivity contribution < 1.29 is 14.3 Å². The fraction of sp³-hybridized carbons (Fsp3) is 0.559. The van der Waals surface area contributed by atoms with Crippen molar-refractivity contribution in [3.63, 3.8) is 0 Å². The average molecular weight is 769 g/mol. The SMILES string of the molecule is CN1CCN(c2cnc(C(=O)N3Cc4nc(-c5nn(COCC[Si](C)(C)C)c6cc(Br)ccc56)n(COCC[Si](C)(C)C)c4C3)cn2)CC1. The van der Waals surface area contributed by atoms with Crippen LogP contribution >= 0.6 is 15.9 Å². The lowest BCUT2D eigenvalue weighted by atomic mass is 10.2. The second kappa shape index (κ2) is 14.7. The lowest BCUT2D eigenvalue weighted by molar-refractivity contribution is 0.0717. The molecule has 264 valence electrons. The Morgan fingerprint density at radius 2 is 1.59 bits per heavy atom. The molecule has 0 atom stereocenters. The molecule has 5 heterocycles. The summed E-state index contributed by atoms with van der Waals surface area (Å²) in [5.41, 5.74) is 3.91. The van der Waals surface area contributed by atoms with E-state index in [1.807, 2.05) is 10.7 Å². The quantitative estimate of drug-likeness (QED) is 0.120. The molecule has 6 rings (SSSR count). The van der Waals surface area contributed by atoms with Gasteiger partial charge in [0.15, 0.2) is 5.82 Å². The molecule has 0 aliphatic carbocycles. The molecule has 1 aromatic carbocycles. The third kappa shape index (κ3) is 8.68. The van der Waals surface area contributed by atoms with Crippen LogP contribution in [0.3, 0.4) is 0 Å². The first-order valence-corrected chi connectivity index (χ1v) is 25.4. The van der Waals surface area contributed by atoms with Crippen LogP contribution in [-0.4, -0.2) is 108 Å². The summed E-state index contributed by atoms with van der Waals surface area (Å²) in [4.78, 5) is 34.3. The Balaban J connectivity index is 1.25. The molecular weight excluding hydrogens is 719 g/mol. The van der Waals surface area contributed by atoms with E-state index >= 15 is 0 Å². The van der Waals surface area contributed by atoms with Gasteiger partial charge in [0.05, 0.1) is 42.4 Å². The fourth-order valence-electron chi connectivity index (χ4n) is 5.99. The van der Waals surface area contributed by atoms with E-state index in [-0.39, 0.29) is 5.91 Å². The Hall–Kier alpha value is -2.96. The van der Waals surface area contributed by atoms with Crippen LogP contribution in [-0.2, 0) is 36.0 Å². The first kappa shape index (κ1) is 35.9. The molecule has 0 spiro atoms. The van der Waals surface area contributed by atoms with Gasteiger partial charge in [0, 0.05) is 65.4 Å². The van der Waals surface area contributed by atoms with E-state index < -0.39 is 16.1 Å². The number of nitrogens with zero attached hydrogens (tertiary/aromatic N) is 9. The van der Waals surface area contributed by atoms with Crippen molar-refractivity contribution in [3.05, 3.63) is 52.1 Å². The standard InChI is InChI=1S/C34H50BrN9O3Si2/c1-40-10-12-41(13-11-40)31-20-36-27(19-37-31)34(45)42-21-28-30(22-42)43(23-46-14-16-48(2,3)4)33(38-28)32-26-9-8-25(35)18-29(26)44(39-32)24-47-15-17-49(5,6)7/h8-9,18-20H,10-17,21-24H2,1-7H3. The number of piperazine rings is 1. The van der Waals surface area contributed by atoms with E-state index in [1.165, 1.54) is 0 Å². The number of carbonyl (C=O) groups excluding carboxylic acids is 1. The smallest absolute Gasteiger partial charge is 0.274 e. The van der Waals surface area contributed by atoms with Gasteiger partial charge in [-0.25, -0.2) is 19.6 Å². The molecule has 0 radical (unpaired) electrons. The summed E-state index contributed by atoms with van der Waals surface area (Å²) in [6, 6.07) is 8.35. The average Bonchev–Trinajstić information content (AvgIpc) is 3.72. The maximum absolute atomic E-state index is 13.7. The third-order valence-corrected chi connectivity index (χ3v) is 13.1. The predicted molar refractivity (Wildman–Crippen MR) is 202 cm³/mol. The van der Waals surface area contributed by atoms with Crippen LogP contribution in [0.5, 0.6) is 0 Å². The molecule has 12 nitrogen and oxygen atoms in total. The first-order chi connectivity index (χ1) is 23.3. The number of benzene rings is 1. The number of carbonyl (C=O) groups is 1. The van der Waals surface area contributed by atoms with Crippen molar-refractivity contribution in [2.45, 2.75) is 77.9 Å². The monoisotopic (exact) mass is 767 g/mol. The van der Waals surface area contributed by atoms with Crippen LogP contribution in [0.4, 0.5) is 5.82 Å². The van der Waals surface area contributed by atoms with Gasteiger partial charge in [0.2, 0.25) is 0 Å². The minimum Gasteiger partial charge on any atom is -0.361 e. The van der Waals surface area contributed by atoms with E-state index in [9.17, 15) is 4.79 Å². The molecule has 49 heavy (non-hydrogen) atoms. The van der Waals surface area contributed by atoms with Gasteiger partial charge in [0.25, 0.3) is 5.91 Å². The van der Waals surface area contributed by atoms with Crippen LogP contribution in [0.2, 0.25) is 51.4 Å². The van der Waals surface area contributed by atoms with Gasteiger partial charge in [-0.1, -0.05) is 55.2 Å². The Morgan fingerprint density at radius 3 is 2.24 bits per heavy atom. The molecule has 0 saturated carbocycles. The highest BCUT2D eigenvalue weighted by Crippen LogP contribution is 2.34. The number of likely N-dealkylation sites (N-methyl/N-ethyl adjacent to an activating group) is 1. The fourth-order valence-corrected chi connectivity index (χ4v) is 7.85.